The Bertz CT molecular complexity index is 827. The van der Waals surface area contributed by atoms with Gasteiger partial charge in [0.25, 0.3) is 14.2 Å². The molecule has 2 heterocycles. The number of hydrogen-bond acceptors (Lipinski definition) is 5. The molecule has 3 aromatic rings. The van der Waals surface area contributed by atoms with Crippen molar-refractivity contribution in [1.29, 1.82) is 0 Å². The van der Waals surface area contributed by atoms with Crippen molar-refractivity contribution < 1.29 is 8.42 Å². The van der Waals surface area contributed by atoms with Gasteiger partial charge < -0.3 is 0 Å². The van der Waals surface area contributed by atoms with Crippen LogP contribution in [0.15, 0.2) is 52.3 Å². The van der Waals surface area contributed by atoms with Crippen LogP contribution in [0.1, 0.15) is 0 Å². The van der Waals surface area contributed by atoms with E-state index in [2.05, 4.69) is 10.2 Å². The molecule has 0 spiro atoms. The third-order valence-electron chi connectivity index (χ3n) is 2.65. The normalized spacial score (nSPS) is 11.7. The van der Waals surface area contributed by atoms with E-state index >= 15 is 0 Å². The molecule has 0 aliphatic carbocycles. The smallest absolute Gasteiger partial charge is 0.265 e. The SMILES string of the molecule is O=S(=O)(Cl)c1nnc(-c2ccsc2)n1-c1ccccc1. The van der Waals surface area contributed by atoms with Gasteiger partial charge >= 0.3 is 0 Å². The molecule has 0 unspecified atom stereocenters. The lowest BCUT2D eigenvalue weighted by atomic mass is 10.3. The Labute approximate surface area is 123 Å². The second kappa shape index (κ2) is 5.01. The fourth-order valence-corrected chi connectivity index (χ4v) is 3.30. The predicted molar refractivity (Wildman–Crippen MR) is 77.7 cm³/mol. The monoisotopic (exact) mass is 325 g/mol. The summed E-state index contributed by atoms with van der Waals surface area (Å²) in [5.41, 5.74) is 1.43. The fourth-order valence-electron chi connectivity index (χ4n) is 1.82. The van der Waals surface area contributed by atoms with Crippen molar-refractivity contribution in [3.05, 3.63) is 47.2 Å². The number of rotatable bonds is 3. The first-order chi connectivity index (χ1) is 9.57. The van der Waals surface area contributed by atoms with Crippen molar-refractivity contribution in [1.82, 2.24) is 14.8 Å². The average molecular weight is 326 g/mol. The number of halogens is 1. The molecule has 0 amide bonds. The van der Waals surface area contributed by atoms with Crippen molar-refractivity contribution >= 4 is 31.1 Å². The number of hydrogen-bond donors (Lipinski definition) is 0. The van der Waals surface area contributed by atoms with Gasteiger partial charge in [-0.25, -0.2) is 8.42 Å². The van der Waals surface area contributed by atoms with E-state index < -0.39 is 9.05 Å². The van der Waals surface area contributed by atoms with Crippen LogP contribution in [0, 0.1) is 0 Å². The van der Waals surface area contributed by atoms with E-state index in [1.807, 2.05) is 22.9 Å². The van der Waals surface area contributed by atoms with Crippen LogP contribution in [0.2, 0.25) is 0 Å². The number of benzene rings is 1. The minimum absolute atomic E-state index is 0.286. The molecule has 0 radical (unpaired) electrons. The van der Waals surface area contributed by atoms with Crippen LogP contribution in [0.3, 0.4) is 0 Å². The highest BCUT2D eigenvalue weighted by atomic mass is 35.7. The molecule has 0 saturated carbocycles. The minimum Gasteiger partial charge on any atom is -0.265 e. The van der Waals surface area contributed by atoms with Crippen molar-refractivity contribution in [2.45, 2.75) is 5.16 Å². The van der Waals surface area contributed by atoms with E-state index in [1.54, 1.807) is 24.3 Å². The molecule has 0 atom stereocenters. The minimum atomic E-state index is -3.99. The average Bonchev–Trinajstić information content (AvgIpc) is 3.07. The highest BCUT2D eigenvalue weighted by Gasteiger charge is 2.24. The molecule has 0 fully saturated rings. The summed E-state index contributed by atoms with van der Waals surface area (Å²) in [5, 5.41) is 11.1. The lowest BCUT2D eigenvalue weighted by Gasteiger charge is -2.07. The van der Waals surface area contributed by atoms with Crippen molar-refractivity contribution in [2.75, 3.05) is 0 Å². The number of aromatic nitrogens is 3. The van der Waals surface area contributed by atoms with Crippen molar-refractivity contribution in [3.63, 3.8) is 0 Å². The van der Waals surface area contributed by atoms with Crippen LogP contribution in [-0.4, -0.2) is 23.2 Å². The quantitative estimate of drug-likeness (QED) is 0.694. The van der Waals surface area contributed by atoms with Crippen LogP contribution in [0.5, 0.6) is 0 Å². The molecule has 1 aromatic carbocycles. The first kappa shape index (κ1) is 13.3. The predicted octanol–water partition coefficient (Wildman–Crippen LogP) is 2.92. The van der Waals surface area contributed by atoms with Crippen LogP contribution >= 0.6 is 22.0 Å². The van der Waals surface area contributed by atoms with Crippen LogP contribution < -0.4 is 0 Å². The van der Waals surface area contributed by atoms with Gasteiger partial charge in [0, 0.05) is 27.3 Å². The molecule has 20 heavy (non-hydrogen) atoms. The van der Waals surface area contributed by atoms with E-state index in [0.29, 0.717) is 11.5 Å². The first-order valence-electron chi connectivity index (χ1n) is 5.55. The van der Waals surface area contributed by atoms with Gasteiger partial charge in [0.15, 0.2) is 5.82 Å². The van der Waals surface area contributed by atoms with Gasteiger partial charge in [-0.3, -0.25) is 4.57 Å². The molecule has 2 aromatic heterocycles. The molecule has 5 nitrogen and oxygen atoms in total. The molecule has 0 saturated heterocycles. The molecular formula is C12H8ClN3O2S2. The molecule has 3 rings (SSSR count). The van der Waals surface area contributed by atoms with Crippen LogP contribution in [0.25, 0.3) is 17.1 Å². The molecule has 0 aliphatic rings. The Morgan fingerprint density at radius 2 is 1.85 bits per heavy atom. The molecule has 0 bridgehead atoms. The second-order valence-corrected chi connectivity index (χ2v) is 7.17. The molecular weight excluding hydrogens is 318 g/mol. The number of thiophene rings is 1. The van der Waals surface area contributed by atoms with Gasteiger partial charge in [-0.1, -0.05) is 18.2 Å². The first-order valence-corrected chi connectivity index (χ1v) is 8.80. The maximum Gasteiger partial charge on any atom is 0.297 e. The standard InChI is InChI=1S/C12H8ClN3O2S2/c13-20(17,18)12-15-14-11(9-6-7-19-8-9)16(12)10-4-2-1-3-5-10/h1-8H. The maximum absolute atomic E-state index is 11.7. The largest absolute Gasteiger partial charge is 0.297 e. The molecule has 102 valence electrons. The van der Waals surface area contributed by atoms with E-state index in [9.17, 15) is 8.42 Å². The summed E-state index contributed by atoms with van der Waals surface area (Å²) >= 11 is 1.49. The number of para-hydroxylation sites is 1. The zero-order valence-electron chi connectivity index (χ0n) is 9.97. The lowest BCUT2D eigenvalue weighted by molar-refractivity contribution is 0.597. The molecule has 8 heteroatoms. The van der Waals surface area contributed by atoms with Gasteiger partial charge in [-0.2, -0.15) is 11.3 Å². The van der Waals surface area contributed by atoms with E-state index in [4.69, 9.17) is 10.7 Å². The van der Waals surface area contributed by atoms with Gasteiger partial charge in [0.1, 0.15) is 0 Å². The number of nitrogens with zero attached hydrogens (tertiary/aromatic N) is 3. The zero-order chi connectivity index (χ0) is 14.2. The summed E-state index contributed by atoms with van der Waals surface area (Å²) in [7, 11) is 1.45. The summed E-state index contributed by atoms with van der Waals surface area (Å²) in [6, 6.07) is 10.8. The van der Waals surface area contributed by atoms with Crippen molar-refractivity contribution in [2.24, 2.45) is 0 Å². The Balaban J connectivity index is 2.31. The van der Waals surface area contributed by atoms with Crippen molar-refractivity contribution in [3.8, 4) is 17.1 Å². The summed E-state index contributed by atoms with van der Waals surface area (Å²) in [6.07, 6.45) is 0. The Morgan fingerprint density at radius 3 is 2.45 bits per heavy atom. The van der Waals surface area contributed by atoms with Gasteiger partial charge in [0.05, 0.1) is 0 Å². The Morgan fingerprint density at radius 1 is 1.10 bits per heavy atom. The van der Waals surface area contributed by atoms with Crippen LogP contribution in [0.4, 0.5) is 0 Å². The van der Waals surface area contributed by atoms with E-state index in [1.165, 1.54) is 15.9 Å². The van der Waals surface area contributed by atoms with Gasteiger partial charge in [0.2, 0.25) is 0 Å². The highest BCUT2D eigenvalue weighted by molar-refractivity contribution is 8.13. The summed E-state index contributed by atoms with van der Waals surface area (Å²) in [6.45, 7) is 0. The maximum atomic E-state index is 11.7. The van der Waals surface area contributed by atoms with Crippen LogP contribution in [-0.2, 0) is 9.05 Å². The van der Waals surface area contributed by atoms with E-state index in [-0.39, 0.29) is 5.16 Å². The fraction of sp³-hybridized carbons (Fsp3) is 0. The Kier molecular flexibility index (Phi) is 3.33. The Hall–Kier alpha value is -1.70. The third kappa shape index (κ3) is 2.35. The highest BCUT2D eigenvalue weighted by Crippen LogP contribution is 2.27. The van der Waals surface area contributed by atoms with Gasteiger partial charge in [-0.15, -0.1) is 10.2 Å². The second-order valence-electron chi connectivity index (χ2n) is 3.93. The summed E-state index contributed by atoms with van der Waals surface area (Å²) < 4.78 is 24.7. The molecule has 0 aliphatic heterocycles. The summed E-state index contributed by atoms with van der Waals surface area (Å²) in [5.74, 6) is 0.441. The summed E-state index contributed by atoms with van der Waals surface area (Å²) in [4.78, 5) is 0. The zero-order valence-corrected chi connectivity index (χ0v) is 12.4. The van der Waals surface area contributed by atoms with E-state index in [0.717, 1.165) is 5.56 Å². The lowest BCUT2D eigenvalue weighted by Crippen LogP contribution is -2.05. The third-order valence-corrected chi connectivity index (χ3v) is 4.44. The van der Waals surface area contributed by atoms with Gasteiger partial charge in [-0.05, 0) is 23.6 Å². The topological polar surface area (TPSA) is 64.8 Å². The molecule has 0 N–H and O–H groups in total.